The number of hydrogen-bond acceptors (Lipinski definition) is 5. The molecule has 0 spiro atoms. The molecule has 1 aliphatic heterocycles. The Labute approximate surface area is 167 Å². The molecule has 0 atom stereocenters. The lowest BCUT2D eigenvalue weighted by Crippen LogP contribution is -2.52. The van der Waals surface area contributed by atoms with Crippen LogP contribution in [0.15, 0.2) is 4.90 Å². The standard InChI is InChI=1S/C19H30N4O4S/c1-12-13(2)15(4)19(16(5)14(12)3)28(26,27)23-9-7-22(8-10-23)11-18(25)21-20-17(6)24/h7-11H2,1-6H3,(H,20,24)(H,21,25). The third-order valence-corrected chi connectivity index (χ3v) is 7.78. The maximum Gasteiger partial charge on any atom is 0.252 e. The lowest BCUT2D eigenvalue weighted by Gasteiger charge is -2.34. The van der Waals surface area contributed by atoms with Crippen LogP contribution in [0.3, 0.4) is 0 Å². The first kappa shape index (κ1) is 22.3. The fourth-order valence-corrected chi connectivity index (χ4v) is 5.49. The summed E-state index contributed by atoms with van der Waals surface area (Å²) in [6.07, 6.45) is 0. The number of carbonyl (C=O) groups excluding carboxylic acids is 2. The average Bonchev–Trinajstić information content (AvgIpc) is 2.63. The molecule has 1 aromatic carbocycles. The molecule has 0 saturated carbocycles. The van der Waals surface area contributed by atoms with Crippen LogP contribution in [-0.2, 0) is 19.6 Å². The van der Waals surface area contributed by atoms with Gasteiger partial charge in [0.15, 0.2) is 0 Å². The molecule has 1 saturated heterocycles. The highest BCUT2D eigenvalue weighted by atomic mass is 32.2. The number of rotatable bonds is 4. The summed E-state index contributed by atoms with van der Waals surface area (Å²) in [6.45, 7) is 12.6. The zero-order valence-corrected chi connectivity index (χ0v) is 18.3. The van der Waals surface area contributed by atoms with Gasteiger partial charge in [-0.1, -0.05) is 0 Å². The fourth-order valence-electron chi connectivity index (χ4n) is 3.51. The van der Waals surface area contributed by atoms with Crippen LogP contribution in [0.1, 0.15) is 34.7 Å². The molecule has 0 bridgehead atoms. The summed E-state index contributed by atoms with van der Waals surface area (Å²) in [5.74, 6) is -0.679. The van der Waals surface area contributed by atoms with Crippen LogP contribution in [0, 0.1) is 34.6 Å². The minimum atomic E-state index is -3.61. The Kier molecular flexibility index (Phi) is 6.84. The van der Waals surface area contributed by atoms with Gasteiger partial charge in [0, 0.05) is 33.1 Å². The van der Waals surface area contributed by atoms with Crippen LogP contribution >= 0.6 is 0 Å². The van der Waals surface area contributed by atoms with Gasteiger partial charge in [0.05, 0.1) is 11.4 Å². The molecule has 2 N–H and O–H groups in total. The molecule has 0 aliphatic carbocycles. The summed E-state index contributed by atoms with van der Waals surface area (Å²) >= 11 is 0. The van der Waals surface area contributed by atoms with Crippen molar-refractivity contribution in [2.24, 2.45) is 0 Å². The lowest BCUT2D eigenvalue weighted by molar-refractivity contribution is -0.128. The fraction of sp³-hybridized carbons (Fsp3) is 0.579. The predicted molar refractivity (Wildman–Crippen MR) is 107 cm³/mol. The normalized spacial score (nSPS) is 16.1. The number of nitrogens with one attached hydrogen (secondary N) is 2. The minimum absolute atomic E-state index is 0.106. The Morgan fingerprint density at radius 2 is 1.29 bits per heavy atom. The average molecular weight is 411 g/mol. The molecule has 8 nitrogen and oxygen atoms in total. The number of amides is 2. The second-order valence-electron chi connectivity index (χ2n) is 7.36. The molecule has 1 fully saturated rings. The molecule has 1 aliphatic rings. The maximum absolute atomic E-state index is 13.3. The maximum atomic E-state index is 13.3. The highest BCUT2D eigenvalue weighted by molar-refractivity contribution is 7.89. The topological polar surface area (TPSA) is 98.8 Å². The first-order chi connectivity index (χ1) is 13.0. The first-order valence-electron chi connectivity index (χ1n) is 9.31. The van der Waals surface area contributed by atoms with Crippen LogP contribution in [-0.4, -0.2) is 62.2 Å². The Hall–Kier alpha value is -1.97. The van der Waals surface area contributed by atoms with Crippen LogP contribution in [0.25, 0.3) is 0 Å². The van der Waals surface area contributed by atoms with Crippen molar-refractivity contribution in [1.82, 2.24) is 20.1 Å². The van der Waals surface area contributed by atoms with Gasteiger partial charge in [0.25, 0.3) is 5.91 Å². The molecule has 1 aromatic rings. The van der Waals surface area contributed by atoms with Gasteiger partial charge in [0.2, 0.25) is 15.9 Å². The third kappa shape index (κ3) is 4.53. The lowest BCUT2D eigenvalue weighted by atomic mass is 9.95. The number of sulfonamides is 1. The first-order valence-corrected chi connectivity index (χ1v) is 10.8. The van der Waals surface area contributed by atoms with E-state index in [1.165, 1.54) is 11.2 Å². The molecule has 0 unspecified atom stereocenters. The van der Waals surface area contributed by atoms with E-state index in [4.69, 9.17) is 0 Å². The van der Waals surface area contributed by atoms with Gasteiger partial charge in [0.1, 0.15) is 0 Å². The van der Waals surface area contributed by atoms with Gasteiger partial charge in [-0.05, 0) is 62.4 Å². The zero-order valence-electron chi connectivity index (χ0n) is 17.5. The minimum Gasteiger partial charge on any atom is -0.292 e. The Bertz CT molecular complexity index is 859. The second kappa shape index (κ2) is 8.59. The van der Waals surface area contributed by atoms with E-state index in [-0.39, 0.29) is 18.4 Å². The van der Waals surface area contributed by atoms with E-state index < -0.39 is 10.0 Å². The van der Waals surface area contributed by atoms with Crippen LogP contribution < -0.4 is 10.9 Å². The zero-order chi connectivity index (χ0) is 21.2. The molecule has 2 amide bonds. The number of hydrazine groups is 1. The van der Waals surface area contributed by atoms with Crippen molar-refractivity contribution >= 4 is 21.8 Å². The number of benzene rings is 1. The highest BCUT2D eigenvalue weighted by Crippen LogP contribution is 2.31. The number of piperazine rings is 1. The predicted octanol–water partition coefficient (Wildman–Crippen LogP) is 0.702. The SMILES string of the molecule is CC(=O)NNC(=O)CN1CCN(S(=O)(=O)c2c(C)c(C)c(C)c(C)c2C)CC1. The monoisotopic (exact) mass is 410 g/mol. The van der Waals surface area contributed by atoms with Crippen molar-refractivity contribution in [2.45, 2.75) is 46.4 Å². The van der Waals surface area contributed by atoms with Crippen molar-refractivity contribution in [2.75, 3.05) is 32.7 Å². The van der Waals surface area contributed by atoms with Gasteiger partial charge in [-0.25, -0.2) is 8.42 Å². The summed E-state index contributed by atoms with van der Waals surface area (Å²) in [5, 5.41) is 0. The van der Waals surface area contributed by atoms with E-state index in [2.05, 4.69) is 10.9 Å². The van der Waals surface area contributed by atoms with E-state index >= 15 is 0 Å². The van der Waals surface area contributed by atoms with E-state index in [0.29, 0.717) is 31.1 Å². The van der Waals surface area contributed by atoms with Crippen molar-refractivity contribution in [1.29, 1.82) is 0 Å². The smallest absolute Gasteiger partial charge is 0.252 e. The Morgan fingerprint density at radius 1 is 0.821 bits per heavy atom. The molecule has 9 heteroatoms. The van der Waals surface area contributed by atoms with Gasteiger partial charge < -0.3 is 0 Å². The van der Waals surface area contributed by atoms with Crippen molar-refractivity contribution in [3.8, 4) is 0 Å². The molecular weight excluding hydrogens is 380 g/mol. The van der Waals surface area contributed by atoms with E-state index in [0.717, 1.165) is 27.8 Å². The van der Waals surface area contributed by atoms with Gasteiger partial charge >= 0.3 is 0 Å². The number of carbonyl (C=O) groups is 2. The molecule has 2 rings (SSSR count). The number of hydrogen-bond donors (Lipinski definition) is 2. The highest BCUT2D eigenvalue weighted by Gasteiger charge is 2.32. The van der Waals surface area contributed by atoms with E-state index in [9.17, 15) is 18.0 Å². The molecule has 156 valence electrons. The number of nitrogens with zero attached hydrogens (tertiary/aromatic N) is 2. The third-order valence-electron chi connectivity index (χ3n) is 5.61. The van der Waals surface area contributed by atoms with Crippen molar-refractivity contribution in [3.63, 3.8) is 0 Å². The summed E-state index contributed by atoms with van der Waals surface area (Å²) in [5.41, 5.74) is 9.32. The Balaban J connectivity index is 2.12. The van der Waals surface area contributed by atoms with Crippen LogP contribution in [0.2, 0.25) is 0 Å². The second-order valence-corrected chi connectivity index (χ2v) is 9.24. The quantitative estimate of drug-likeness (QED) is 0.712. The van der Waals surface area contributed by atoms with E-state index in [1.54, 1.807) is 0 Å². The molecule has 28 heavy (non-hydrogen) atoms. The van der Waals surface area contributed by atoms with Crippen LogP contribution in [0.5, 0.6) is 0 Å². The largest absolute Gasteiger partial charge is 0.292 e. The van der Waals surface area contributed by atoms with Crippen LogP contribution in [0.4, 0.5) is 0 Å². The summed E-state index contributed by atoms with van der Waals surface area (Å²) in [7, 11) is -3.61. The molecule has 0 aromatic heterocycles. The molecule has 0 radical (unpaired) electrons. The summed E-state index contributed by atoms with van der Waals surface area (Å²) in [4.78, 5) is 24.9. The van der Waals surface area contributed by atoms with Crippen molar-refractivity contribution in [3.05, 3.63) is 27.8 Å². The molecular formula is C19H30N4O4S. The summed E-state index contributed by atoms with van der Waals surface area (Å²) < 4.78 is 28.2. The van der Waals surface area contributed by atoms with Crippen molar-refractivity contribution < 1.29 is 18.0 Å². The van der Waals surface area contributed by atoms with E-state index in [1.807, 2.05) is 39.5 Å². The van der Waals surface area contributed by atoms with Gasteiger partial charge in [-0.3, -0.25) is 25.3 Å². The molecule has 1 heterocycles. The van der Waals surface area contributed by atoms with Gasteiger partial charge in [-0.2, -0.15) is 4.31 Å². The summed E-state index contributed by atoms with van der Waals surface area (Å²) in [6, 6.07) is 0. The Morgan fingerprint density at radius 3 is 1.75 bits per heavy atom. The van der Waals surface area contributed by atoms with Gasteiger partial charge in [-0.15, -0.1) is 0 Å².